The molecule has 0 fully saturated rings. The van der Waals surface area contributed by atoms with E-state index in [0.717, 1.165) is 18.2 Å². The van der Waals surface area contributed by atoms with Crippen molar-refractivity contribution in [2.45, 2.75) is 20.4 Å². The maximum atomic E-state index is 5.34. The molecule has 128 valence electrons. The Morgan fingerprint density at radius 3 is 2.46 bits per heavy atom. The van der Waals surface area contributed by atoms with Crippen LogP contribution in [0.2, 0.25) is 0 Å². The molecule has 0 aliphatic heterocycles. The van der Waals surface area contributed by atoms with Gasteiger partial charge >= 0.3 is 0 Å². The summed E-state index contributed by atoms with van der Waals surface area (Å²) >= 11 is 0. The molecule has 0 saturated heterocycles. The summed E-state index contributed by atoms with van der Waals surface area (Å²) in [4.78, 5) is 4.66. The first kappa shape index (κ1) is 17.7. The van der Waals surface area contributed by atoms with Crippen LogP contribution in [-0.2, 0) is 6.54 Å². The lowest BCUT2D eigenvalue weighted by atomic mass is 10.1. The van der Waals surface area contributed by atoms with Gasteiger partial charge in [0.15, 0.2) is 17.5 Å². The quantitative estimate of drug-likeness (QED) is 0.629. The summed E-state index contributed by atoms with van der Waals surface area (Å²) in [6.07, 6.45) is 0. The van der Waals surface area contributed by atoms with Crippen molar-refractivity contribution in [3.63, 3.8) is 0 Å². The minimum absolute atomic E-state index is 0.620. The molecule has 0 amide bonds. The average Bonchev–Trinajstić information content (AvgIpc) is 2.61. The Labute approximate surface area is 143 Å². The first-order chi connectivity index (χ1) is 11.7. The Bertz CT molecular complexity index is 699. The number of nitrogens with zero attached hydrogens (tertiary/aromatic N) is 1. The fourth-order valence-corrected chi connectivity index (χ4v) is 2.31. The van der Waals surface area contributed by atoms with Crippen LogP contribution in [-0.4, -0.2) is 26.7 Å². The number of rotatable bonds is 6. The molecule has 24 heavy (non-hydrogen) atoms. The molecule has 2 aromatic carbocycles. The van der Waals surface area contributed by atoms with E-state index in [4.69, 9.17) is 9.47 Å². The summed E-state index contributed by atoms with van der Waals surface area (Å²) in [5.41, 5.74) is 3.34. The molecule has 0 radical (unpaired) electrons. The fraction of sp³-hybridized carbons (Fsp3) is 0.316. The van der Waals surface area contributed by atoms with Gasteiger partial charge in [-0.2, -0.15) is 0 Å². The second kappa shape index (κ2) is 8.82. The maximum Gasteiger partial charge on any atom is 0.196 e. The molecule has 5 nitrogen and oxygen atoms in total. The Morgan fingerprint density at radius 1 is 1.04 bits per heavy atom. The third-order valence-electron chi connectivity index (χ3n) is 3.66. The molecule has 0 bridgehead atoms. The van der Waals surface area contributed by atoms with E-state index in [1.807, 2.05) is 37.3 Å². The number of methoxy groups -OCH3 is 2. The van der Waals surface area contributed by atoms with E-state index in [-0.39, 0.29) is 0 Å². The highest BCUT2D eigenvalue weighted by atomic mass is 16.5. The Hall–Kier alpha value is -2.69. The molecule has 0 saturated carbocycles. The lowest BCUT2D eigenvalue weighted by molar-refractivity contribution is 0.355. The largest absolute Gasteiger partial charge is 0.493 e. The van der Waals surface area contributed by atoms with Crippen LogP contribution in [0.3, 0.4) is 0 Å². The van der Waals surface area contributed by atoms with Gasteiger partial charge in [-0.3, -0.25) is 0 Å². The third-order valence-corrected chi connectivity index (χ3v) is 3.66. The zero-order valence-electron chi connectivity index (χ0n) is 14.7. The fourth-order valence-electron chi connectivity index (χ4n) is 2.31. The molecule has 0 heterocycles. The standard InChI is InChI=1S/C19H25N3O2/c1-5-20-19(21-13-15-9-7-6-8-14(15)2)22-16-10-11-17(23-3)18(12-16)24-4/h6-12H,5,13H2,1-4H3,(H2,20,21,22). The number of guanidine groups is 1. The molecule has 0 aromatic heterocycles. The summed E-state index contributed by atoms with van der Waals surface area (Å²) in [6, 6.07) is 14.0. The van der Waals surface area contributed by atoms with Gasteiger partial charge in [-0.15, -0.1) is 0 Å². The van der Waals surface area contributed by atoms with Crippen LogP contribution < -0.4 is 20.1 Å². The molecule has 2 rings (SSSR count). The zero-order valence-corrected chi connectivity index (χ0v) is 14.7. The summed E-state index contributed by atoms with van der Waals surface area (Å²) in [6.45, 7) is 5.54. The van der Waals surface area contributed by atoms with Crippen molar-refractivity contribution in [2.75, 3.05) is 26.1 Å². The predicted octanol–water partition coefficient (Wildman–Crippen LogP) is 3.59. The Morgan fingerprint density at radius 2 is 1.79 bits per heavy atom. The first-order valence-corrected chi connectivity index (χ1v) is 7.99. The van der Waals surface area contributed by atoms with Gasteiger partial charge < -0.3 is 20.1 Å². The van der Waals surface area contributed by atoms with E-state index in [9.17, 15) is 0 Å². The molecular formula is C19H25N3O2. The number of ether oxygens (including phenoxy) is 2. The number of anilines is 1. The van der Waals surface area contributed by atoms with Gasteiger partial charge in [-0.25, -0.2) is 4.99 Å². The van der Waals surface area contributed by atoms with E-state index in [1.54, 1.807) is 14.2 Å². The van der Waals surface area contributed by atoms with Gasteiger partial charge in [0.25, 0.3) is 0 Å². The molecule has 2 aromatic rings. The van der Waals surface area contributed by atoms with Gasteiger partial charge in [-0.05, 0) is 37.1 Å². The highest BCUT2D eigenvalue weighted by Crippen LogP contribution is 2.29. The summed E-state index contributed by atoms with van der Waals surface area (Å²) in [5, 5.41) is 6.55. The lowest BCUT2D eigenvalue weighted by Gasteiger charge is -2.14. The smallest absolute Gasteiger partial charge is 0.196 e. The zero-order chi connectivity index (χ0) is 17.4. The topological polar surface area (TPSA) is 54.9 Å². The van der Waals surface area contributed by atoms with Crippen LogP contribution in [0.4, 0.5) is 5.69 Å². The highest BCUT2D eigenvalue weighted by Gasteiger charge is 2.06. The third kappa shape index (κ3) is 4.65. The predicted molar refractivity (Wildman–Crippen MR) is 99.2 cm³/mol. The van der Waals surface area contributed by atoms with Crippen molar-refractivity contribution >= 4 is 11.6 Å². The van der Waals surface area contributed by atoms with Gasteiger partial charge in [0.2, 0.25) is 0 Å². The van der Waals surface area contributed by atoms with Crippen molar-refractivity contribution in [2.24, 2.45) is 4.99 Å². The van der Waals surface area contributed by atoms with Crippen LogP contribution in [0.15, 0.2) is 47.5 Å². The van der Waals surface area contributed by atoms with Crippen LogP contribution >= 0.6 is 0 Å². The van der Waals surface area contributed by atoms with Crippen molar-refractivity contribution in [3.8, 4) is 11.5 Å². The van der Waals surface area contributed by atoms with Crippen LogP contribution in [0.1, 0.15) is 18.1 Å². The van der Waals surface area contributed by atoms with Crippen LogP contribution in [0.25, 0.3) is 0 Å². The summed E-state index contributed by atoms with van der Waals surface area (Å²) in [5.74, 6) is 2.11. The molecule has 0 aliphatic rings. The molecule has 5 heteroatoms. The molecule has 0 unspecified atom stereocenters. The van der Waals surface area contributed by atoms with E-state index in [0.29, 0.717) is 18.0 Å². The number of benzene rings is 2. The minimum atomic E-state index is 0.620. The first-order valence-electron chi connectivity index (χ1n) is 7.99. The summed E-state index contributed by atoms with van der Waals surface area (Å²) < 4.78 is 10.6. The number of hydrogen-bond donors (Lipinski definition) is 2. The van der Waals surface area contributed by atoms with E-state index < -0.39 is 0 Å². The molecular weight excluding hydrogens is 302 g/mol. The van der Waals surface area contributed by atoms with Gasteiger partial charge in [0.1, 0.15) is 0 Å². The molecule has 0 aliphatic carbocycles. The maximum absolute atomic E-state index is 5.34. The average molecular weight is 327 g/mol. The van der Waals surface area contributed by atoms with Crippen molar-refractivity contribution in [1.82, 2.24) is 5.32 Å². The number of nitrogens with one attached hydrogen (secondary N) is 2. The second-order valence-corrected chi connectivity index (χ2v) is 5.32. The molecule has 0 atom stereocenters. The van der Waals surface area contributed by atoms with Crippen LogP contribution in [0, 0.1) is 6.92 Å². The number of aryl methyl sites for hydroxylation is 1. The van der Waals surface area contributed by atoms with Gasteiger partial charge in [0, 0.05) is 18.3 Å². The SMILES string of the molecule is CCNC(=NCc1ccccc1C)Nc1ccc(OC)c(OC)c1. The van der Waals surface area contributed by atoms with Crippen molar-refractivity contribution in [1.29, 1.82) is 0 Å². The molecule has 0 spiro atoms. The number of aliphatic imine (C=N–C) groups is 1. The van der Waals surface area contributed by atoms with E-state index >= 15 is 0 Å². The van der Waals surface area contributed by atoms with Crippen molar-refractivity contribution < 1.29 is 9.47 Å². The lowest BCUT2D eigenvalue weighted by Crippen LogP contribution is -2.30. The summed E-state index contributed by atoms with van der Waals surface area (Å²) in [7, 11) is 3.25. The van der Waals surface area contributed by atoms with Gasteiger partial charge in [-0.1, -0.05) is 24.3 Å². The Kier molecular flexibility index (Phi) is 6.49. The molecule has 2 N–H and O–H groups in total. The number of hydrogen-bond acceptors (Lipinski definition) is 3. The monoisotopic (exact) mass is 327 g/mol. The minimum Gasteiger partial charge on any atom is -0.493 e. The second-order valence-electron chi connectivity index (χ2n) is 5.32. The normalized spacial score (nSPS) is 11.1. The van der Waals surface area contributed by atoms with Crippen LogP contribution in [0.5, 0.6) is 11.5 Å². The highest BCUT2D eigenvalue weighted by molar-refractivity contribution is 5.93. The van der Waals surface area contributed by atoms with Gasteiger partial charge in [0.05, 0.1) is 20.8 Å². The Balaban J connectivity index is 2.16. The van der Waals surface area contributed by atoms with E-state index in [2.05, 4.69) is 34.7 Å². The van der Waals surface area contributed by atoms with E-state index in [1.165, 1.54) is 11.1 Å². The van der Waals surface area contributed by atoms with Crippen molar-refractivity contribution in [3.05, 3.63) is 53.6 Å².